The molecule has 0 unspecified atom stereocenters. The predicted octanol–water partition coefficient (Wildman–Crippen LogP) is 1.07. The molecule has 0 spiro atoms. The van der Waals surface area contributed by atoms with Gasteiger partial charge in [-0.05, 0) is 31.2 Å². The van der Waals surface area contributed by atoms with Crippen molar-refractivity contribution in [2.75, 3.05) is 18.5 Å². The van der Waals surface area contributed by atoms with Gasteiger partial charge in [-0.2, -0.15) is 0 Å². The van der Waals surface area contributed by atoms with Crippen LogP contribution in [0.1, 0.15) is 17.3 Å². The topological polar surface area (TPSA) is 105 Å². The molecule has 0 bridgehead atoms. The average molecular weight is 266 g/mol. The second-order valence-corrected chi connectivity index (χ2v) is 3.50. The van der Waals surface area contributed by atoms with E-state index in [0.29, 0.717) is 5.69 Å². The van der Waals surface area contributed by atoms with Crippen LogP contribution in [0.15, 0.2) is 24.3 Å². The molecule has 0 aliphatic carbocycles. The van der Waals surface area contributed by atoms with Crippen LogP contribution in [0.4, 0.5) is 10.5 Å². The highest BCUT2D eigenvalue weighted by atomic mass is 16.5. The van der Waals surface area contributed by atoms with Gasteiger partial charge in [-0.15, -0.1) is 0 Å². The van der Waals surface area contributed by atoms with E-state index in [1.165, 1.54) is 24.3 Å². The Hall–Kier alpha value is -2.57. The van der Waals surface area contributed by atoms with Crippen molar-refractivity contribution in [1.29, 1.82) is 0 Å². The van der Waals surface area contributed by atoms with Crippen LogP contribution in [0.2, 0.25) is 0 Å². The first kappa shape index (κ1) is 14.5. The first-order valence-electron chi connectivity index (χ1n) is 5.56. The number of urea groups is 1. The number of anilines is 1. The Bertz CT molecular complexity index is 470. The fourth-order valence-electron chi connectivity index (χ4n) is 1.24. The highest BCUT2D eigenvalue weighted by Crippen LogP contribution is 2.09. The SMILES string of the molecule is CCOC(=O)CNC(=O)Nc1ccc(C(=O)O)cc1. The summed E-state index contributed by atoms with van der Waals surface area (Å²) in [4.78, 5) is 33.0. The number of carboxylic acid groups (broad SMARTS) is 1. The summed E-state index contributed by atoms with van der Waals surface area (Å²) in [5.74, 6) is -1.57. The summed E-state index contributed by atoms with van der Waals surface area (Å²) in [6.45, 7) is 1.69. The molecule has 7 heteroatoms. The lowest BCUT2D eigenvalue weighted by Gasteiger charge is -2.07. The molecule has 1 aromatic rings. The minimum absolute atomic E-state index is 0.123. The standard InChI is InChI=1S/C12H14N2O5/c1-2-19-10(15)7-13-12(18)14-9-5-3-8(4-6-9)11(16)17/h3-6H,2,7H2,1H3,(H,16,17)(H2,13,14,18). The second kappa shape index (κ2) is 7.00. The van der Waals surface area contributed by atoms with E-state index in [-0.39, 0.29) is 18.7 Å². The summed E-state index contributed by atoms with van der Waals surface area (Å²) >= 11 is 0. The molecule has 2 amide bonds. The summed E-state index contributed by atoms with van der Waals surface area (Å²) in [7, 11) is 0. The molecule has 7 nitrogen and oxygen atoms in total. The lowest BCUT2D eigenvalue weighted by atomic mass is 10.2. The fourth-order valence-corrected chi connectivity index (χ4v) is 1.24. The Labute approximate surface area is 109 Å². The van der Waals surface area contributed by atoms with Crippen LogP contribution >= 0.6 is 0 Å². The summed E-state index contributed by atoms with van der Waals surface area (Å²) < 4.78 is 4.64. The molecule has 0 atom stereocenters. The Morgan fingerprint density at radius 1 is 1.21 bits per heavy atom. The fraction of sp³-hybridized carbons (Fsp3) is 0.250. The molecule has 0 saturated heterocycles. The van der Waals surface area contributed by atoms with E-state index in [1.807, 2.05) is 0 Å². The number of hydrogen-bond acceptors (Lipinski definition) is 4. The van der Waals surface area contributed by atoms with Crippen LogP contribution in [0.3, 0.4) is 0 Å². The van der Waals surface area contributed by atoms with E-state index in [2.05, 4.69) is 15.4 Å². The van der Waals surface area contributed by atoms with Crippen molar-refractivity contribution in [2.24, 2.45) is 0 Å². The normalized spacial score (nSPS) is 9.53. The van der Waals surface area contributed by atoms with E-state index >= 15 is 0 Å². The van der Waals surface area contributed by atoms with E-state index < -0.39 is 18.0 Å². The van der Waals surface area contributed by atoms with Crippen molar-refractivity contribution in [3.8, 4) is 0 Å². The number of amides is 2. The molecule has 0 heterocycles. The molecule has 0 aromatic heterocycles. The number of carboxylic acids is 1. The summed E-state index contributed by atoms with van der Waals surface area (Å²) in [6.07, 6.45) is 0. The van der Waals surface area contributed by atoms with Gasteiger partial charge in [0.25, 0.3) is 0 Å². The van der Waals surface area contributed by atoms with E-state index in [4.69, 9.17) is 5.11 Å². The number of benzene rings is 1. The van der Waals surface area contributed by atoms with Crippen molar-refractivity contribution in [3.63, 3.8) is 0 Å². The molecule has 3 N–H and O–H groups in total. The smallest absolute Gasteiger partial charge is 0.335 e. The third-order valence-electron chi connectivity index (χ3n) is 2.09. The second-order valence-electron chi connectivity index (χ2n) is 3.50. The van der Waals surface area contributed by atoms with Crippen molar-refractivity contribution in [3.05, 3.63) is 29.8 Å². The first-order valence-corrected chi connectivity index (χ1v) is 5.56. The number of esters is 1. The highest BCUT2D eigenvalue weighted by Gasteiger charge is 2.07. The zero-order valence-corrected chi connectivity index (χ0v) is 10.3. The molecule has 0 aliphatic rings. The molecule has 0 radical (unpaired) electrons. The first-order chi connectivity index (χ1) is 9.02. The van der Waals surface area contributed by atoms with Gasteiger partial charge >= 0.3 is 18.0 Å². The van der Waals surface area contributed by atoms with Gasteiger partial charge in [-0.25, -0.2) is 9.59 Å². The van der Waals surface area contributed by atoms with Gasteiger partial charge in [0.05, 0.1) is 12.2 Å². The number of ether oxygens (including phenoxy) is 1. The molecule has 1 aromatic carbocycles. The molecule has 0 saturated carbocycles. The third-order valence-corrected chi connectivity index (χ3v) is 2.09. The Balaban J connectivity index is 2.44. The molecule has 19 heavy (non-hydrogen) atoms. The molecule has 0 fully saturated rings. The number of rotatable bonds is 5. The van der Waals surface area contributed by atoms with Crippen LogP contribution in [0, 0.1) is 0 Å². The van der Waals surface area contributed by atoms with Crippen LogP contribution in [0.25, 0.3) is 0 Å². The highest BCUT2D eigenvalue weighted by molar-refractivity contribution is 5.92. The Kier molecular flexibility index (Phi) is 5.34. The van der Waals surface area contributed by atoms with Gasteiger partial charge in [0.1, 0.15) is 6.54 Å². The van der Waals surface area contributed by atoms with E-state index in [9.17, 15) is 14.4 Å². The van der Waals surface area contributed by atoms with Crippen LogP contribution < -0.4 is 10.6 Å². The monoisotopic (exact) mass is 266 g/mol. The largest absolute Gasteiger partial charge is 0.478 e. The molecular formula is C12H14N2O5. The van der Waals surface area contributed by atoms with Crippen molar-refractivity contribution in [2.45, 2.75) is 6.92 Å². The van der Waals surface area contributed by atoms with E-state index in [1.54, 1.807) is 6.92 Å². The molecule has 1 rings (SSSR count). The van der Waals surface area contributed by atoms with Crippen molar-refractivity contribution >= 4 is 23.7 Å². The van der Waals surface area contributed by atoms with Crippen molar-refractivity contribution < 1.29 is 24.2 Å². The number of carbonyl (C=O) groups excluding carboxylic acids is 2. The van der Waals surface area contributed by atoms with Gasteiger partial charge in [-0.3, -0.25) is 4.79 Å². The third kappa shape index (κ3) is 5.07. The average Bonchev–Trinajstić information content (AvgIpc) is 2.37. The summed E-state index contributed by atoms with van der Waals surface area (Å²) in [5.41, 5.74) is 0.545. The number of hydrogen-bond donors (Lipinski definition) is 3. The summed E-state index contributed by atoms with van der Waals surface area (Å²) in [6, 6.07) is 5.06. The van der Waals surface area contributed by atoms with Gasteiger partial charge in [0, 0.05) is 5.69 Å². The quantitative estimate of drug-likeness (QED) is 0.691. The zero-order valence-electron chi connectivity index (χ0n) is 10.3. The van der Waals surface area contributed by atoms with Gasteiger partial charge in [0.2, 0.25) is 0 Å². The lowest BCUT2D eigenvalue weighted by Crippen LogP contribution is -2.34. The van der Waals surface area contributed by atoms with Crippen LogP contribution in [-0.4, -0.2) is 36.2 Å². The maximum atomic E-state index is 11.4. The van der Waals surface area contributed by atoms with Crippen LogP contribution in [-0.2, 0) is 9.53 Å². The number of carbonyl (C=O) groups is 3. The minimum atomic E-state index is -1.04. The Morgan fingerprint density at radius 3 is 2.37 bits per heavy atom. The lowest BCUT2D eigenvalue weighted by molar-refractivity contribution is -0.141. The Morgan fingerprint density at radius 2 is 1.84 bits per heavy atom. The van der Waals surface area contributed by atoms with Crippen LogP contribution in [0.5, 0.6) is 0 Å². The molecular weight excluding hydrogens is 252 g/mol. The van der Waals surface area contributed by atoms with Gasteiger partial charge in [-0.1, -0.05) is 0 Å². The van der Waals surface area contributed by atoms with Gasteiger partial charge < -0.3 is 20.5 Å². The number of aromatic carboxylic acids is 1. The number of nitrogens with one attached hydrogen (secondary N) is 2. The summed E-state index contributed by atoms with van der Waals surface area (Å²) in [5, 5.41) is 13.5. The maximum Gasteiger partial charge on any atom is 0.335 e. The molecule has 102 valence electrons. The zero-order chi connectivity index (χ0) is 14.3. The van der Waals surface area contributed by atoms with E-state index in [0.717, 1.165) is 0 Å². The maximum absolute atomic E-state index is 11.4. The minimum Gasteiger partial charge on any atom is -0.478 e. The van der Waals surface area contributed by atoms with Crippen molar-refractivity contribution in [1.82, 2.24) is 5.32 Å². The molecule has 0 aliphatic heterocycles. The predicted molar refractivity (Wildman–Crippen MR) is 67.1 cm³/mol. The van der Waals surface area contributed by atoms with Gasteiger partial charge in [0.15, 0.2) is 0 Å².